The van der Waals surface area contributed by atoms with Crippen LogP contribution in [-0.4, -0.2) is 39.9 Å². The molecule has 3 heterocycles. The minimum absolute atomic E-state index is 0.312. The SMILES string of the molecule is O=C(O)C1C(=O)NCC1c1cc2n(n1)CCO2. The third-order valence-corrected chi connectivity index (χ3v) is 3.14. The highest BCUT2D eigenvalue weighted by Crippen LogP contribution is 2.31. The number of fused-ring (bicyclic) bond motifs is 1. The Kier molecular flexibility index (Phi) is 2.07. The summed E-state index contributed by atoms with van der Waals surface area (Å²) in [5, 5.41) is 15.9. The van der Waals surface area contributed by atoms with E-state index in [4.69, 9.17) is 9.84 Å². The number of aliphatic carboxylic acids is 1. The van der Waals surface area contributed by atoms with Crippen LogP contribution in [0.1, 0.15) is 11.6 Å². The van der Waals surface area contributed by atoms with Crippen molar-refractivity contribution < 1.29 is 19.4 Å². The number of carboxylic acid groups (broad SMARTS) is 1. The van der Waals surface area contributed by atoms with Gasteiger partial charge in [-0.15, -0.1) is 0 Å². The zero-order valence-corrected chi connectivity index (χ0v) is 8.92. The lowest BCUT2D eigenvalue weighted by molar-refractivity contribution is -0.145. The Bertz CT molecular complexity index is 474. The summed E-state index contributed by atoms with van der Waals surface area (Å²) in [5.74, 6) is -2.38. The number of aromatic nitrogens is 2. The van der Waals surface area contributed by atoms with Gasteiger partial charge in [-0.25, -0.2) is 4.68 Å². The molecule has 1 aromatic heterocycles. The molecule has 0 spiro atoms. The van der Waals surface area contributed by atoms with Gasteiger partial charge in [-0.2, -0.15) is 5.10 Å². The van der Waals surface area contributed by atoms with E-state index in [0.717, 1.165) is 0 Å². The second-order valence-electron chi connectivity index (χ2n) is 4.15. The second kappa shape index (κ2) is 3.47. The molecule has 0 bridgehead atoms. The smallest absolute Gasteiger partial charge is 0.316 e. The molecule has 1 aromatic rings. The van der Waals surface area contributed by atoms with Crippen molar-refractivity contribution in [3.8, 4) is 5.88 Å². The van der Waals surface area contributed by atoms with Crippen molar-refractivity contribution >= 4 is 11.9 Å². The number of nitrogens with zero attached hydrogens (tertiary/aromatic N) is 2. The minimum atomic E-state index is -1.11. The summed E-state index contributed by atoms with van der Waals surface area (Å²) in [5.41, 5.74) is 0.602. The zero-order valence-electron chi connectivity index (χ0n) is 8.92. The van der Waals surface area contributed by atoms with E-state index in [0.29, 0.717) is 31.3 Å². The fourth-order valence-corrected chi connectivity index (χ4v) is 2.29. The Morgan fingerprint density at radius 3 is 3.18 bits per heavy atom. The Balaban J connectivity index is 1.92. The maximum absolute atomic E-state index is 11.4. The highest BCUT2D eigenvalue weighted by atomic mass is 16.5. The molecule has 3 rings (SSSR count). The Labute approximate surface area is 96.4 Å². The predicted molar refractivity (Wildman–Crippen MR) is 54.6 cm³/mol. The molecule has 1 fully saturated rings. The number of nitrogens with one attached hydrogen (secondary N) is 1. The third kappa shape index (κ3) is 1.46. The van der Waals surface area contributed by atoms with Crippen LogP contribution in [-0.2, 0) is 16.1 Å². The molecule has 0 saturated carbocycles. The summed E-state index contributed by atoms with van der Waals surface area (Å²) >= 11 is 0. The second-order valence-corrected chi connectivity index (χ2v) is 4.15. The van der Waals surface area contributed by atoms with Crippen molar-refractivity contribution in [3.05, 3.63) is 11.8 Å². The zero-order chi connectivity index (χ0) is 12.0. The summed E-state index contributed by atoms with van der Waals surface area (Å²) in [6.45, 7) is 1.57. The van der Waals surface area contributed by atoms with Gasteiger partial charge in [0.05, 0.1) is 12.2 Å². The fourth-order valence-electron chi connectivity index (χ4n) is 2.29. The van der Waals surface area contributed by atoms with Gasteiger partial charge in [-0.1, -0.05) is 0 Å². The normalized spacial score (nSPS) is 26.5. The summed E-state index contributed by atoms with van der Waals surface area (Å²) in [4.78, 5) is 22.5. The van der Waals surface area contributed by atoms with Gasteiger partial charge in [0, 0.05) is 18.5 Å². The van der Waals surface area contributed by atoms with E-state index in [9.17, 15) is 9.59 Å². The van der Waals surface area contributed by atoms with Gasteiger partial charge in [-0.05, 0) is 0 Å². The first-order valence-electron chi connectivity index (χ1n) is 5.38. The number of rotatable bonds is 2. The number of hydrogen-bond acceptors (Lipinski definition) is 4. The van der Waals surface area contributed by atoms with Crippen molar-refractivity contribution in [3.63, 3.8) is 0 Å². The number of ether oxygens (including phenoxy) is 1. The molecule has 1 saturated heterocycles. The first kappa shape index (κ1) is 10.1. The quantitative estimate of drug-likeness (QED) is 0.656. The number of carbonyl (C=O) groups is 2. The van der Waals surface area contributed by atoms with Crippen LogP contribution in [0, 0.1) is 5.92 Å². The number of carbonyl (C=O) groups excluding carboxylic acids is 1. The molecule has 90 valence electrons. The molecule has 1 amide bonds. The van der Waals surface area contributed by atoms with E-state index in [1.165, 1.54) is 0 Å². The predicted octanol–water partition coefficient (Wildman–Crippen LogP) is -0.810. The monoisotopic (exact) mass is 237 g/mol. The number of amides is 1. The molecule has 2 aliphatic heterocycles. The molecule has 2 aliphatic rings. The van der Waals surface area contributed by atoms with Gasteiger partial charge in [0.15, 0.2) is 0 Å². The average molecular weight is 237 g/mol. The summed E-state index contributed by atoms with van der Waals surface area (Å²) in [6.07, 6.45) is 0. The molecule has 2 N–H and O–H groups in total. The highest BCUT2D eigenvalue weighted by Gasteiger charge is 2.42. The first-order valence-corrected chi connectivity index (χ1v) is 5.38. The molecule has 0 aromatic carbocycles. The van der Waals surface area contributed by atoms with E-state index >= 15 is 0 Å². The lowest BCUT2D eigenvalue weighted by Gasteiger charge is -2.09. The molecular formula is C10H11N3O4. The fraction of sp³-hybridized carbons (Fsp3) is 0.500. The summed E-state index contributed by atoms with van der Waals surface area (Å²) in [6, 6.07) is 1.72. The van der Waals surface area contributed by atoms with Crippen molar-refractivity contribution in [1.29, 1.82) is 0 Å². The van der Waals surface area contributed by atoms with Crippen LogP contribution in [0.2, 0.25) is 0 Å². The van der Waals surface area contributed by atoms with E-state index in [1.807, 2.05) is 0 Å². The van der Waals surface area contributed by atoms with Crippen molar-refractivity contribution in [2.24, 2.45) is 5.92 Å². The summed E-state index contributed by atoms with van der Waals surface area (Å²) < 4.78 is 7.00. The number of hydrogen-bond donors (Lipinski definition) is 2. The molecule has 2 unspecified atom stereocenters. The van der Waals surface area contributed by atoms with E-state index in [1.54, 1.807) is 10.7 Å². The van der Waals surface area contributed by atoms with Crippen LogP contribution >= 0.6 is 0 Å². The largest absolute Gasteiger partial charge is 0.481 e. The standard InChI is InChI=1S/C10H11N3O4/c14-9-8(10(15)16)5(4-11-9)6-3-7-13(12-6)1-2-17-7/h3,5,8H,1-2,4H2,(H,11,14)(H,15,16). The van der Waals surface area contributed by atoms with Crippen LogP contribution in [0.5, 0.6) is 5.88 Å². The summed E-state index contributed by atoms with van der Waals surface area (Å²) in [7, 11) is 0. The van der Waals surface area contributed by atoms with Gasteiger partial charge >= 0.3 is 5.97 Å². The van der Waals surface area contributed by atoms with Gasteiger partial charge in [-0.3, -0.25) is 9.59 Å². The Morgan fingerprint density at radius 2 is 2.47 bits per heavy atom. The topological polar surface area (TPSA) is 93.4 Å². The molecule has 0 radical (unpaired) electrons. The van der Waals surface area contributed by atoms with Crippen LogP contribution in [0.4, 0.5) is 0 Å². The van der Waals surface area contributed by atoms with Crippen molar-refractivity contribution in [2.45, 2.75) is 12.5 Å². The van der Waals surface area contributed by atoms with Gasteiger partial charge in [0.25, 0.3) is 0 Å². The van der Waals surface area contributed by atoms with Crippen molar-refractivity contribution in [2.75, 3.05) is 13.2 Å². The van der Waals surface area contributed by atoms with Gasteiger partial charge in [0.2, 0.25) is 11.8 Å². The van der Waals surface area contributed by atoms with Gasteiger partial charge < -0.3 is 15.2 Å². The minimum Gasteiger partial charge on any atom is -0.481 e. The molecule has 17 heavy (non-hydrogen) atoms. The molecule has 7 nitrogen and oxygen atoms in total. The Hall–Kier alpha value is -2.05. The lowest BCUT2D eigenvalue weighted by atomic mass is 9.93. The maximum atomic E-state index is 11.4. The molecule has 0 aliphatic carbocycles. The van der Waals surface area contributed by atoms with Crippen molar-refractivity contribution in [1.82, 2.24) is 15.1 Å². The van der Waals surface area contributed by atoms with E-state index in [2.05, 4.69) is 10.4 Å². The molecular weight excluding hydrogens is 226 g/mol. The highest BCUT2D eigenvalue weighted by molar-refractivity contribution is 5.99. The molecule has 7 heteroatoms. The van der Waals surface area contributed by atoms with Crippen LogP contribution in [0.3, 0.4) is 0 Å². The molecule has 2 atom stereocenters. The maximum Gasteiger partial charge on any atom is 0.316 e. The Morgan fingerprint density at radius 1 is 1.65 bits per heavy atom. The third-order valence-electron chi connectivity index (χ3n) is 3.14. The van der Waals surface area contributed by atoms with E-state index in [-0.39, 0.29) is 0 Å². The number of carboxylic acids is 1. The first-order chi connectivity index (χ1) is 8.16. The van der Waals surface area contributed by atoms with Crippen LogP contribution in [0.25, 0.3) is 0 Å². The van der Waals surface area contributed by atoms with E-state index < -0.39 is 23.7 Å². The van der Waals surface area contributed by atoms with Crippen LogP contribution in [0.15, 0.2) is 6.07 Å². The van der Waals surface area contributed by atoms with Gasteiger partial charge in [0.1, 0.15) is 12.5 Å². The average Bonchev–Trinajstić information content (AvgIpc) is 2.88. The van der Waals surface area contributed by atoms with Crippen LogP contribution < -0.4 is 10.1 Å². The lowest BCUT2D eigenvalue weighted by Crippen LogP contribution is -2.27.